The van der Waals surface area contributed by atoms with Crippen LogP contribution in [0.4, 0.5) is 10.1 Å². The smallest absolute Gasteiger partial charge is 0.244 e. The lowest BCUT2D eigenvalue weighted by Gasteiger charge is -2.20. The third-order valence-corrected chi connectivity index (χ3v) is 5.91. The normalized spacial score (nSPS) is 13.7. The van der Waals surface area contributed by atoms with Gasteiger partial charge in [-0.05, 0) is 39.0 Å². The molecule has 1 aromatic carbocycles. The van der Waals surface area contributed by atoms with Crippen LogP contribution in [-0.4, -0.2) is 23.6 Å². The standard InChI is InChI=1S/C16H20Cl2FN3O3S/c1-16(2,3)21-26(24,25)12-8-22(4)14(13(12)18)15(23)20-9-5-6-11(19)10(17)7-9/h5-8,15,20-21,23H,1-4H3. The molecule has 0 bridgehead atoms. The summed E-state index contributed by atoms with van der Waals surface area (Å²) in [6.07, 6.45) is -0.0264. The van der Waals surface area contributed by atoms with E-state index in [0.717, 1.165) is 6.07 Å². The third-order valence-electron chi connectivity index (χ3n) is 3.34. The molecule has 0 aliphatic heterocycles. The second-order valence-electron chi connectivity index (χ2n) is 6.83. The Morgan fingerprint density at radius 2 is 1.88 bits per heavy atom. The molecule has 6 nitrogen and oxygen atoms in total. The molecule has 0 amide bonds. The first-order chi connectivity index (χ1) is 11.8. The van der Waals surface area contributed by atoms with E-state index in [2.05, 4.69) is 10.0 Å². The number of aliphatic hydroxyl groups is 1. The molecule has 10 heteroatoms. The third kappa shape index (κ3) is 4.69. The predicted octanol–water partition coefficient (Wildman–Crippen LogP) is 3.65. The van der Waals surface area contributed by atoms with Gasteiger partial charge in [-0.15, -0.1) is 0 Å². The summed E-state index contributed by atoms with van der Waals surface area (Å²) >= 11 is 12.0. The number of aryl methyl sites for hydroxylation is 1. The van der Waals surface area contributed by atoms with E-state index in [-0.39, 0.29) is 20.6 Å². The number of aliphatic hydroxyl groups excluding tert-OH is 1. The van der Waals surface area contributed by atoms with Crippen molar-refractivity contribution in [3.8, 4) is 0 Å². The average Bonchev–Trinajstić information content (AvgIpc) is 2.76. The van der Waals surface area contributed by atoms with Crippen molar-refractivity contribution in [2.45, 2.75) is 37.4 Å². The van der Waals surface area contributed by atoms with Crippen molar-refractivity contribution >= 4 is 38.9 Å². The lowest BCUT2D eigenvalue weighted by Crippen LogP contribution is -2.40. The van der Waals surface area contributed by atoms with Crippen LogP contribution in [0.3, 0.4) is 0 Å². The summed E-state index contributed by atoms with van der Waals surface area (Å²) in [5, 5.41) is 12.9. The van der Waals surface area contributed by atoms with Crippen LogP contribution in [0.2, 0.25) is 10.0 Å². The highest BCUT2D eigenvalue weighted by atomic mass is 35.5. The minimum absolute atomic E-state index is 0.113. The minimum Gasteiger partial charge on any atom is -0.368 e. The van der Waals surface area contributed by atoms with E-state index in [1.807, 2.05) is 0 Å². The van der Waals surface area contributed by atoms with Crippen LogP contribution in [0.25, 0.3) is 0 Å². The van der Waals surface area contributed by atoms with E-state index >= 15 is 0 Å². The Balaban J connectivity index is 2.36. The molecule has 2 rings (SSSR count). The van der Waals surface area contributed by atoms with Crippen LogP contribution in [0.1, 0.15) is 32.7 Å². The number of nitrogens with zero attached hydrogens (tertiary/aromatic N) is 1. The summed E-state index contributed by atoms with van der Waals surface area (Å²) in [5.41, 5.74) is -0.209. The largest absolute Gasteiger partial charge is 0.368 e. The van der Waals surface area contributed by atoms with E-state index in [9.17, 15) is 17.9 Å². The average molecular weight is 424 g/mol. The first kappa shape index (κ1) is 21.0. The van der Waals surface area contributed by atoms with Gasteiger partial charge in [-0.25, -0.2) is 17.5 Å². The van der Waals surface area contributed by atoms with Crippen molar-refractivity contribution in [3.63, 3.8) is 0 Å². The summed E-state index contributed by atoms with van der Waals surface area (Å²) < 4.78 is 42.2. The van der Waals surface area contributed by atoms with Gasteiger partial charge in [-0.3, -0.25) is 0 Å². The molecule has 0 saturated heterocycles. The molecule has 26 heavy (non-hydrogen) atoms. The molecular formula is C16H20Cl2FN3O3S. The van der Waals surface area contributed by atoms with Crippen LogP contribution in [0, 0.1) is 5.82 Å². The first-order valence-corrected chi connectivity index (χ1v) is 9.84. The summed E-state index contributed by atoms with van der Waals surface area (Å²) in [6.45, 7) is 5.12. The van der Waals surface area contributed by atoms with Crippen LogP contribution in [0.15, 0.2) is 29.3 Å². The molecule has 2 aromatic rings. The number of sulfonamides is 1. The van der Waals surface area contributed by atoms with Gasteiger partial charge < -0.3 is 15.0 Å². The van der Waals surface area contributed by atoms with Gasteiger partial charge in [0.15, 0.2) is 6.23 Å². The molecule has 0 fully saturated rings. The van der Waals surface area contributed by atoms with Gasteiger partial charge >= 0.3 is 0 Å². The molecular weight excluding hydrogens is 404 g/mol. The lowest BCUT2D eigenvalue weighted by molar-refractivity contribution is 0.199. The van der Waals surface area contributed by atoms with Crippen molar-refractivity contribution in [2.75, 3.05) is 5.32 Å². The van der Waals surface area contributed by atoms with Crippen LogP contribution < -0.4 is 10.0 Å². The molecule has 0 saturated carbocycles. The first-order valence-electron chi connectivity index (χ1n) is 7.60. The van der Waals surface area contributed by atoms with Crippen LogP contribution in [0.5, 0.6) is 0 Å². The lowest BCUT2D eigenvalue weighted by atomic mass is 10.1. The van der Waals surface area contributed by atoms with Gasteiger partial charge in [-0.1, -0.05) is 23.2 Å². The Labute approximate surface area is 162 Å². The molecule has 1 unspecified atom stereocenters. The zero-order chi connectivity index (χ0) is 19.9. The highest BCUT2D eigenvalue weighted by Gasteiger charge is 2.29. The number of anilines is 1. The predicted molar refractivity (Wildman–Crippen MR) is 100 cm³/mol. The van der Waals surface area contributed by atoms with Crippen LogP contribution >= 0.6 is 23.2 Å². The molecule has 0 radical (unpaired) electrons. The number of nitrogens with one attached hydrogen (secondary N) is 2. The quantitative estimate of drug-likeness (QED) is 0.640. The number of rotatable bonds is 5. The number of hydrogen-bond acceptors (Lipinski definition) is 4. The van der Waals surface area contributed by atoms with Gasteiger partial charge in [-0.2, -0.15) is 0 Å². The SMILES string of the molecule is Cn1cc(S(=O)(=O)NC(C)(C)C)c(Cl)c1C(O)Nc1ccc(F)c(Cl)c1. The summed E-state index contributed by atoms with van der Waals surface area (Å²) in [7, 11) is -2.33. The summed E-state index contributed by atoms with van der Waals surface area (Å²) in [5.74, 6) is -0.592. The molecule has 1 aromatic heterocycles. The van der Waals surface area contributed by atoms with Crippen molar-refractivity contribution < 1.29 is 17.9 Å². The maximum Gasteiger partial charge on any atom is 0.244 e. The number of benzene rings is 1. The van der Waals surface area contributed by atoms with E-state index in [1.165, 1.54) is 22.9 Å². The van der Waals surface area contributed by atoms with Crippen molar-refractivity contribution in [1.29, 1.82) is 0 Å². The Morgan fingerprint density at radius 1 is 1.27 bits per heavy atom. The fraction of sp³-hybridized carbons (Fsp3) is 0.375. The Hall–Kier alpha value is -1.32. The number of aromatic nitrogens is 1. The Bertz CT molecular complexity index is 924. The van der Waals surface area contributed by atoms with Crippen molar-refractivity contribution in [3.05, 3.63) is 46.0 Å². The highest BCUT2D eigenvalue weighted by Crippen LogP contribution is 2.33. The summed E-state index contributed by atoms with van der Waals surface area (Å²) in [6, 6.07) is 3.84. The highest BCUT2D eigenvalue weighted by molar-refractivity contribution is 7.89. The second-order valence-corrected chi connectivity index (χ2v) is 9.27. The van der Waals surface area contributed by atoms with Crippen molar-refractivity contribution in [2.24, 2.45) is 7.05 Å². The van der Waals surface area contributed by atoms with Crippen molar-refractivity contribution in [1.82, 2.24) is 9.29 Å². The minimum atomic E-state index is -3.88. The zero-order valence-corrected chi connectivity index (χ0v) is 17.0. The number of hydrogen-bond donors (Lipinski definition) is 3. The van der Waals surface area contributed by atoms with Gasteiger partial charge in [0.05, 0.1) is 15.7 Å². The maximum absolute atomic E-state index is 13.2. The fourth-order valence-electron chi connectivity index (χ4n) is 2.35. The van der Waals surface area contributed by atoms with E-state index in [1.54, 1.807) is 27.8 Å². The Morgan fingerprint density at radius 3 is 2.42 bits per heavy atom. The fourth-order valence-corrected chi connectivity index (χ4v) is 4.68. The molecule has 0 spiro atoms. The van der Waals surface area contributed by atoms with E-state index in [0.29, 0.717) is 5.69 Å². The van der Waals surface area contributed by atoms with Gasteiger partial charge in [0.1, 0.15) is 10.7 Å². The molecule has 1 heterocycles. The van der Waals surface area contributed by atoms with Gasteiger partial charge in [0, 0.05) is 24.5 Å². The van der Waals surface area contributed by atoms with E-state index in [4.69, 9.17) is 23.2 Å². The molecule has 0 aliphatic carbocycles. The second kappa shape index (κ2) is 7.36. The van der Waals surface area contributed by atoms with E-state index < -0.39 is 27.6 Å². The summed E-state index contributed by atoms with van der Waals surface area (Å²) in [4.78, 5) is -0.149. The van der Waals surface area contributed by atoms with Gasteiger partial charge in [0.2, 0.25) is 10.0 Å². The zero-order valence-electron chi connectivity index (χ0n) is 14.6. The topological polar surface area (TPSA) is 83.4 Å². The maximum atomic E-state index is 13.2. The monoisotopic (exact) mass is 423 g/mol. The molecule has 3 N–H and O–H groups in total. The number of halogens is 3. The Kier molecular flexibility index (Phi) is 5.94. The van der Waals surface area contributed by atoms with Crippen LogP contribution in [-0.2, 0) is 17.1 Å². The molecule has 0 aliphatic rings. The molecule has 1 atom stereocenters. The van der Waals surface area contributed by atoms with Gasteiger partial charge in [0.25, 0.3) is 0 Å². The molecule has 144 valence electrons.